The van der Waals surface area contributed by atoms with Gasteiger partial charge in [0.05, 0.1) is 10.8 Å². The number of carbonyl (C=O) groups is 1. The zero-order chi connectivity index (χ0) is 11.6. The van der Waals surface area contributed by atoms with Crippen LogP contribution in [0.15, 0.2) is 12.1 Å². The van der Waals surface area contributed by atoms with Crippen LogP contribution in [0.25, 0.3) is 0 Å². The first kappa shape index (κ1) is 11.4. The van der Waals surface area contributed by atoms with Crippen molar-refractivity contribution in [2.75, 3.05) is 11.6 Å². The molecule has 1 aromatic carbocycles. The Morgan fingerprint density at radius 3 is 2.67 bits per heavy atom. The SMILES string of the molecule is Nc1cc(F)c(C(=O)CCl)c([N+](=O)[O-])c1. The second-order valence-electron chi connectivity index (χ2n) is 2.71. The van der Waals surface area contributed by atoms with Crippen LogP contribution in [0.1, 0.15) is 10.4 Å². The molecule has 0 aliphatic rings. The van der Waals surface area contributed by atoms with Crippen molar-refractivity contribution in [1.82, 2.24) is 0 Å². The normalized spacial score (nSPS) is 10.0. The highest BCUT2D eigenvalue weighted by Crippen LogP contribution is 2.25. The number of carbonyl (C=O) groups excluding carboxylic acids is 1. The summed E-state index contributed by atoms with van der Waals surface area (Å²) in [6.45, 7) is 0. The van der Waals surface area contributed by atoms with Gasteiger partial charge in [0, 0.05) is 11.8 Å². The van der Waals surface area contributed by atoms with E-state index in [1.165, 1.54) is 0 Å². The lowest BCUT2D eigenvalue weighted by Gasteiger charge is -2.02. The first-order valence-electron chi connectivity index (χ1n) is 3.80. The summed E-state index contributed by atoms with van der Waals surface area (Å²) in [4.78, 5) is 20.8. The molecule has 0 aromatic heterocycles. The molecular formula is C8H6ClFN2O3. The average Bonchev–Trinajstić information content (AvgIpc) is 2.15. The van der Waals surface area contributed by atoms with Crippen LogP contribution in [0.4, 0.5) is 15.8 Å². The minimum Gasteiger partial charge on any atom is -0.398 e. The van der Waals surface area contributed by atoms with E-state index < -0.39 is 33.7 Å². The number of nitrogen functional groups attached to an aromatic ring is 1. The Balaban J connectivity index is 3.46. The van der Waals surface area contributed by atoms with Gasteiger partial charge in [0.25, 0.3) is 5.69 Å². The Labute approximate surface area is 88.8 Å². The second kappa shape index (κ2) is 4.22. The van der Waals surface area contributed by atoms with Gasteiger partial charge < -0.3 is 5.73 Å². The second-order valence-corrected chi connectivity index (χ2v) is 2.98. The van der Waals surface area contributed by atoms with E-state index in [1.807, 2.05) is 0 Å². The van der Waals surface area contributed by atoms with Gasteiger partial charge in [0.2, 0.25) is 0 Å². The van der Waals surface area contributed by atoms with Crippen molar-refractivity contribution < 1.29 is 14.1 Å². The Hall–Kier alpha value is -1.69. The summed E-state index contributed by atoms with van der Waals surface area (Å²) in [5, 5.41) is 10.5. The van der Waals surface area contributed by atoms with Crippen LogP contribution in [0.3, 0.4) is 0 Å². The van der Waals surface area contributed by atoms with Crippen molar-refractivity contribution in [3.05, 3.63) is 33.6 Å². The highest BCUT2D eigenvalue weighted by atomic mass is 35.5. The van der Waals surface area contributed by atoms with E-state index in [1.54, 1.807) is 0 Å². The first-order valence-corrected chi connectivity index (χ1v) is 4.33. The number of nitrogens with zero attached hydrogens (tertiary/aromatic N) is 1. The smallest absolute Gasteiger partial charge is 0.285 e. The fourth-order valence-corrected chi connectivity index (χ4v) is 1.23. The molecule has 0 spiro atoms. The van der Waals surface area contributed by atoms with Crippen molar-refractivity contribution in [2.45, 2.75) is 0 Å². The third-order valence-electron chi connectivity index (χ3n) is 1.69. The van der Waals surface area contributed by atoms with Crippen LogP contribution in [-0.2, 0) is 0 Å². The number of rotatable bonds is 3. The number of Topliss-reactive ketones (excluding diaryl/α,β-unsaturated/α-hetero) is 1. The number of hydrogen-bond acceptors (Lipinski definition) is 4. The van der Waals surface area contributed by atoms with Gasteiger partial charge in [-0.1, -0.05) is 0 Å². The van der Waals surface area contributed by atoms with Crippen LogP contribution in [-0.4, -0.2) is 16.6 Å². The fourth-order valence-electron chi connectivity index (χ4n) is 1.10. The summed E-state index contributed by atoms with van der Waals surface area (Å²) in [5.41, 5.74) is 3.80. The van der Waals surface area contributed by atoms with Crippen molar-refractivity contribution in [3.63, 3.8) is 0 Å². The lowest BCUT2D eigenvalue weighted by Crippen LogP contribution is -2.09. The molecule has 0 aliphatic heterocycles. The van der Waals surface area contributed by atoms with E-state index in [0.717, 1.165) is 12.1 Å². The number of ketones is 1. The summed E-state index contributed by atoms with van der Waals surface area (Å²) in [7, 11) is 0. The summed E-state index contributed by atoms with van der Waals surface area (Å²) >= 11 is 5.20. The van der Waals surface area contributed by atoms with Crippen LogP contribution >= 0.6 is 11.6 Å². The molecule has 0 bridgehead atoms. The highest BCUT2D eigenvalue weighted by molar-refractivity contribution is 6.31. The molecule has 1 aromatic rings. The summed E-state index contributed by atoms with van der Waals surface area (Å²) in [6.07, 6.45) is 0. The van der Waals surface area contributed by atoms with Gasteiger partial charge in [-0.3, -0.25) is 14.9 Å². The maximum Gasteiger partial charge on any atom is 0.285 e. The van der Waals surface area contributed by atoms with Gasteiger partial charge >= 0.3 is 0 Å². The number of anilines is 1. The molecule has 15 heavy (non-hydrogen) atoms. The molecule has 0 atom stereocenters. The molecule has 0 saturated heterocycles. The number of hydrogen-bond donors (Lipinski definition) is 1. The quantitative estimate of drug-likeness (QED) is 0.283. The molecule has 0 heterocycles. The fraction of sp³-hybridized carbons (Fsp3) is 0.125. The van der Waals surface area contributed by atoms with Crippen molar-refractivity contribution in [1.29, 1.82) is 0 Å². The molecule has 5 nitrogen and oxygen atoms in total. The first-order chi connectivity index (χ1) is 6.97. The summed E-state index contributed by atoms with van der Waals surface area (Å²) in [5.74, 6) is -2.41. The summed E-state index contributed by atoms with van der Waals surface area (Å²) < 4.78 is 13.2. The third-order valence-corrected chi connectivity index (χ3v) is 1.93. The number of alkyl halides is 1. The standard InChI is InChI=1S/C8H6ClFN2O3/c9-3-7(13)8-5(10)1-4(11)2-6(8)12(14)15/h1-2H,3,11H2. The van der Waals surface area contributed by atoms with Gasteiger partial charge in [-0.25, -0.2) is 4.39 Å². The lowest BCUT2D eigenvalue weighted by molar-refractivity contribution is -0.385. The topological polar surface area (TPSA) is 86.2 Å². The number of halogens is 2. The lowest BCUT2D eigenvalue weighted by atomic mass is 10.1. The molecule has 80 valence electrons. The van der Waals surface area contributed by atoms with E-state index in [0.29, 0.717) is 0 Å². The van der Waals surface area contributed by atoms with Crippen LogP contribution in [0.2, 0.25) is 0 Å². The van der Waals surface area contributed by atoms with E-state index in [-0.39, 0.29) is 5.69 Å². The number of nitro benzene ring substituents is 1. The molecule has 0 amide bonds. The van der Waals surface area contributed by atoms with E-state index >= 15 is 0 Å². The van der Waals surface area contributed by atoms with Crippen LogP contribution in [0, 0.1) is 15.9 Å². The van der Waals surface area contributed by atoms with Crippen molar-refractivity contribution in [3.8, 4) is 0 Å². The molecule has 0 unspecified atom stereocenters. The number of nitrogens with two attached hydrogens (primary N) is 1. The van der Waals surface area contributed by atoms with Crippen LogP contribution < -0.4 is 5.73 Å². The molecule has 7 heteroatoms. The van der Waals surface area contributed by atoms with Gasteiger partial charge in [-0.15, -0.1) is 11.6 Å². The molecule has 0 saturated carbocycles. The van der Waals surface area contributed by atoms with E-state index in [4.69, 9.17) is 17.3 Å². The molecule has 2 N–H and O–H groups in total. The largest absolute Gasteiger partial charge is 0.398 e. The molecule has 0 fully saturated rings. The van der Waals surface area contributed by atoms with Gasteiger partial charge in [-0.2, -0.15) is 0 Å². The maximum absolute atomic E-state index is 13.2. The Bertz CT molecular complexity index is 436. The third kappa shape index (κ3) is 2.21. The molecule has 0 radical (unpaired) electrons. The van der Waals surface area contributed by atoms with Gasteiger partial charge in [0.15, 0.2) is 5.78 Å². The zero-order valence-electron chi connectivity index (χ0n) is 7.37. The molecule has 1 rings (SSSR count). The Kier molecular flexibility index (Phi) is 3.21. The monoisotopic (exact) mass is 232 g/mol. The van der Waals surface area contributed by atoms with Gasteiger partial charge in [0.1, 0.15) is 11.4 Å². The zero-order valence-corrected chi connectivity index (χ0v) is 8.12. The van der Waals surface area contributed by atoms with Gasteiger partial charge in [-0.05, 0) is 6.07 Å². The Morgan fingerprint density at radius 1 is 1.60 bits per heavy atom. The Morgan fingerprint density at radius 2 is 2.20 bits per heavy atom. The summed E-state index contributed by atoms with van der Waals surface area (Å²) in [6, 6.07) is 1.76. The van der Waals surface area contributed by atoms with E-state index in [9.17, 15) is 19.3 Å². The number of nitro groups is 1. The minimum atomic E-state index is -1.03. The van der Waals surface area contributed by atoms with Crippen molar-refractivity contribution in [2.24, 2.45) is 0 Å². The molecular weight excluding hydrogens is 227 g/mol. The molecule has 0 aliphatic carbocycles. The van der Waals surface area contributed by atoms with Crippen molar-refractivity contribution >= 4 is 28.8 Å². The predicted octanol–water partition coefficient (Wildman–Crippen LogP) is 1.74. The maximum atomic E-state index is 13.2. The van der Waals surface area contributed by atoms with Crippen LogP contribution in [0.5, 0.6) is 0 Å². The highest BCUT2D eigenvalue weighted by Gasteiger charge is 2.24. The predicted molar refractivity (Wildman–Crippen MR) is 52.5 cm³/mol. The minimum absolute atomic E-state index is 0.120. The average molecular weight is 233 g/mol. The number of benzene rings is 1. The van der Waals surface area contributed by atoms with E-state index in [2.05, 4.69) is 0 Å².